The Morgan fingerprint density at radius 1 is 1.03 bits per heavy atom. The molecule has 1 heterocycles. The third kappa shape index (κ3) is 4.41. The lowest BCUT2D eigenvalue weighted by atomic mass is 10.1. The number of ether oxygens (including phenoxy) is 1. The van der Waals surface area contributed by atoms with Crippen LogP contribution in [0.2, 0.25) is 0 Å². The minimum Gasteiger partial charge on any atom is -0.399 e. The summed E-state index contributed by atoms with van der Waals surface area (Å²) in [4.78, 5) is 50.2. The van der Waals surface area contributed by atoms with Crippen LogP contribution >= 0.6 is 0 Å². The molecule has 150 valence electrons. The van der Waals surface area contributed by atoms with Crippen molar-refractivity contribution in [3.05, 3.63) is 59.2 Å². The molecule has 2 aromatic rings. The first-order chi connectivity index (χ1) is 13.9. The van der Waals surface area contributed by atoms with Crippen molar-refractivity contribution in [2.75, 3.05) is 31.3 Å². The lowest BCUT2D eigenvalue weighted by molar-refractivity contribution is 0.0638. The Kier molecular flexibility index (Phi) is 5.89. The van der Waals surface area contributed by atoms with E-state index in [-0.39, 0.29) is 34.8 Å². The molecule has 0 radical (unpaired) electrons. The average molecular weight is 396 g/mol. The molecule has 4 N–H and O–H groups in total. The fraction of sp³-hybridized carbons (Fsp3) is 0.200. The summed E-state index contributed by atoms with van der Waals surface area (Å²) in [5, 5.41) is 4.68. The third-order valence-corrected chi connectivity index (χ3v) is 4.36. The molecule has 5 amide bonds. The van der Waals surface area contributed by atoms with E-state index in [0.717, 1.165) is 4.90 Å². The van der Waals surface area contributed by atoms with Gasteiger partial charge in [0, 0.05) is 37.2 Å². The smallest absolute Gasteiger partial charge is 0.326 e. The summed E-state index contributed by atoms with van der Waals surface area (Å²) in [7, 11) is 1.54. The number of hydrogen-bond acceptors (Lipinski definition) is 6. The number of fused-ring (bicyclic) bond motifs is 1. The molecule has 1 aliphatic rings. The third-order valence-electron chi connectivity index (χ3n) is 4.36. The normalized spacial score (nSPS) is 12.7. The van der Waals surface area contributed by atoms with Gasteiger partial charge in [0.1, 0.15) is 0 Å². The fourth-order valence-corrected chi connectivity index (χ4v) is 2.91. The Hall–Kier alpha value is -3.72. The predicted molar refractivity (Wildman–Crippen MR) is 106 cm³/mol. The molecule has 9 heteroatoms. The number of benzene rings is 2. The van der Waals surface area contributed by atoms with E-state index in [2.05, 4.69) is 10.6 Å². The summed E-state index contributed by atoms with van der Waals surface area (Å²) < 4.78 is 4.94. The Bertz CT molecular complexity index is 971. The highest BCUT2D eigenvalue weighted by Crippen LogP contribution is 2.26. The number of nitrogens with two attached hydrogens (primary N) is 1. The average Bonchev–Trinajstić information content (AvgIpc) is 2.93. The highest BCUT2D eigenvalue weighted by molar-refractivity contribution is 6.22. The van der Waals surface area contributed by atoms with Gasteiger partial charge in [0.25, 0.3) is 17.7 Å². The summed E-state index contributed by atoms with van der Waals surface area (Å²) in [5.41, 5.74) is 7.10. The number of carbonyl (C=O) groups excluding carboxylic acids is 4. The van der Waals surface area contributed by atoms with Crippen LogP contribution in [-0.2, 0) is 4.74 Å². The second-order valence-corrected chi connectivity index (χ2v) is 6.40. The zero-order valence-electron chi connectivity index (χ0n) is 15.7. The maximum Gasteiger partial charge on any atom is 0.326 e. The van der Waals surface area contributed by atoms with Crippen LogP contribution in [0.4, 0.5) is 16.2 Å². The van der Waals surface area contributed by atoms with Crippen molar-refractivity contribution in [3.63, 3.8) is 0 Å². The monoisotopic (exact) mass is 396 g/mol. The summed E-state index contributed by atoms with van der Waals surface area (Å²) >= 11 is 0. The van der Waals surface area contributed by atoms with Gasteiger partial charge >= 0.3 is 6.03 Å². The number of imide groups is 2. The molecule has 0 atom stereocenters. The Morgan fingerprint density at radius 3 is 2.41 bits per heavy atom. The van der Waals surface area contributed by atoms with Gasteiger partial charge in [0.05, 0.1) is 11.1 Å². The van der Waals surface area contributed by atoms with Crippen molar-refractivity contribution in [2.24, 2.45) is 0 Å². The lowest BCUT2D eigenvalue weighted by Gasteiger charge is -2.12. The van der Waals surface area contributed by atoms with Gasteiger partial charge in [0.2, 0.25) is 0 Å². The van der Waals surface area contributed by atoms with Gasteiger partial charge in [0.15, 0.2) is 0 Å². The maximum atomic E-state index is 12.5. The Labute approximate surface area is 166 Å². The van der Waals surface area contributed by atoms with E-state index in [1.54, 1.807) is 19.2 Å². The number of anilines is 2. The second kappa shape index (κ2) is 8.53. The van der Waals surface area contributed by atoms with Crippen molar-refractivity contribution in [1.29, 1.82) is 0 Å². The molecule has 9 nitrogen and oxygen atoms in total. The summed E-state index contributed by atoms with van der Waals surface area (Å²) in [5.74, 6) is -1.40. The molecule has 29 heavy (non-hydrogen) atoms. The molecule has 0 unspecified atom stereocenters. The SMILES string of the molecule is COCCCN1C(=O)c2ccc(NC(=O)NC(=O)c3ccc(N)cc3)cc2C1=O. The Morgan fingerprint density at radius 2 is 1.72 bits per heavy atom. The maximum absolute atomic E-state index is 12.5. The highest BCUT2D eigenvalue weighted by Gasteiger charge is 2.35. The van der Waals surface area contributed by atoms with E-state index in [9.17, 15) is 19.2 Å². The molecule has 0 spiro atoms. The van der Waals surface area contributed by atoms with Crippen LogP contribution in [0.25, 0.3) is 0 Å². The number of carbonyl (C=O) groups is 4. The van der Waals surface area contributed by atoms with Crippen LogP contribution in [0.1, 0.15) is 37.5 Å². The lowest BCUT2D eigenvalue weighted by Crippen LogP contribution is -2.34. The Balaban J connectivity index is 1.65. The largest absolute Gasteiger partial charge is 0.399 e. The molecule has 0 bridgehead atoms. The summed E-state index contributed by atoms with van der Waals surface area (Å²) in [6.07, 6.45) is 0.530. The first-order valence-corrected chi connectivity index (χ1v) is 8.87. The molecule has 3 rings (SSSR count). The quantitative estimate of drug-likeness (QED) is 0.388. The van der Waals surface area contributed by atoms with Crippen LogP contribution in [0.15, 0.2) is 42.5 Å². The predicted octanol–water partition coefficient (Wildman–Crippen LogP) is 1.86. The number of nitrogens with zero attached hydrogens (tertiary/aromatic N) is 1. The second-order valence-electron chi connectivity index (χ2n) is 6.40. The standard InChI is InChI=1S/C20H20N4O5/c1-29-10-2-9-24-18(26)15-8-7-14(11-16(15)19(24)27)22-20(28)23-17(25)12-3-5-13(21)6-4-12/h3-8,11H,2,9-10,21H2,1H3,(H2,22,23,25,28). The van der Waals surface area contributed by atoms with Crippen molar-refractivity contribution in [3.8, 4) is 0 Å². The summed E-state index contributed by atoms with van der Waals surface area (Å²) in [6, 6.07) is 9.72. The van der Waals surface area contributed by atoms with Crippen molar-refractivity contribution in [2.45, 2.75) is 6.42 Å². The number of nitrogen functional groups attached to an aromatic ring is 1. The van der Waals surface area contributed by atoms with Crippen molar-refractivity contribution < 1.29 is 23.9 Å². The van der Waals surface area contributed by atoms with E-state index in [0.29, 0.717) is 18.7 Å². The molecule has 0 saturated carbocycles. The van der Waals surface area contributed by atoms with Crippen molar-refractivity contribution in [1.82, 2.24) is 10.2 Å². The van der Waals surface area contributed by atoms with Crippen LogP contribution in [0.3, 0.4) is 0 Å². The van der Waals surface area contributed by atoms with Crippen LogP contribution in [0, 0.1) is 0 Å². The van der Waals surface area contributed by atoms with Crippen LogP contribution in [0.5, 0.6) is 0 Å². The van der Waals surface area contributed by atoms with E-state index in [4.69, 9.17) is 10.5 Å². The van der Waals surface area contributed by atoms with E-state index < -0.39 is 17.8 Å². The number of methoxy groups -OCH3 is 1. The molecule has 2 aromatic carbocycles. The first kappa shape index (κ1) is 20.0. The summed E-state index contributed by atoms with van der Waals surface area (Å²) in [6.45, 7) is 0.682. The molecule has 0 aliphatic carbocycles. The minimum absolute atomic E-state index is 0.204. The topological polar surface area (TPSA) is 131 Å². The van der Waals surface area contributed by atoms with Crippen molar-refractivity contribution >= 4 is 35.1 Å². The van der Waals surface area contributed by atoms with Gasteiger partial charge in [-0.3, -0.25) is 24.6 Å². The van der Waals surface area contributed by atoms with Crippen LogP contribution in [-0.4, -0.2) is 48.9 Å². The first-order valence-electron chi connectivity index (χ1n) is 8.87. The highest BCUT2D eigenvalue weighted by atomic mass is 16.5. The van der Waals surface area contributed by atoms with E-state index in [1.807, 2.05) is 0 Å². The number of urea groups is 1. The van der Waals surface area contributed by atoms with Gasteiger partial charge < -0.3 is 15.8 Å². The zero-order chi connectivity index (χ0) is 21.0. The van der Waals surface area contributed by atoms with Crippen LogP contribution < -0.4 is 16.4 Å². The van der Waals surface area contributed by atoms with Gasteiger partial charge in [-0.15, -0.1) is 0 Å². The van der Waals surface area contributed by atoms with Gasteiger partial charge in [-0.1, -0.05) is 0 Å². The molecule has 0 aromatic heterocycles. The fourth-order valence-electron chi connectivity index (χ4n) is 2.91. The number of nitrogens with one attached hydrogen (secondary N) is 2. The van der Waals surface area contributed by atoms with Gasteiger partial charge in [-0.25, -0.2) is 4.79 Å². The zero-order valence-corrected chi connectivity index (χ0v) is 15.7. The molecular formula is C20H20N4O5. The number of rotatable bonds is 6. The molecule has 0 saturated heterocycles. The number of hydrogen-bond donors (Lipinski definition) is 3. The molecule has 1 aliphatic heterocycles. The minimum atomic E-state index is -0.763. The van der Waals surface area contributed by atoms with Gasteiger partial charge in [-0.2, -0.15) is 0 Å². The molecule has 0 fully saturated rings. The molecular weight excluding hydrogens is 376 g/mol. The number of amides is 5. The van der Waals surface area contributed by atoms with E-state index in [1.165, 1.54) is 30.3 Å². The van der Waals surface area contributed by atoms with E-state index >= 15 is 0 Å². The van der Waals surface area contributed by atoms with Gasteiger partial charge in [-0.05, 0) is 48.9 Å².